The van der Waals surface area contributed by atoms with E-state index >= 15 is 0 Å². The van der Waals surface area contributed by atoms with E-state index in [-0.39, 0.29) is 12.4 Å². The van der Waals surface area contributed by atoms with Crippen molar-refractivity contribution in [1.29, 1.82) is 0 Å². The van der Waals surface area contributed by atoms with Gasteiger partial charge in [-0.25, -0.2) is 0 Å². The summed E-state index contributed by atoms with van der Waals surface area (Å²) < 4.78 is 1.24. The molecule has 0 spiro atoms. The number of nitrogens with zero attached hydrogens (tertiary/aromatic N) is 1. The van der Waals surface area contributed by atoms with Crippen molar-refractivity contribution in [3.63, 3.8) is 0 Å². The zero-order chi connectivity index (χ0) is 34.2. The smallest absolute Gasteiger partial charge is 0.0782 e. The molecule has 0 bridgehead atoms. The van der Waals surface area contributed by atoms with Gasteiger partial charge in [-0.1, -0.05) is 192 Å². The molecule has 0 aromatic heterocycles. The summed E-state index contributed by atoms with van der Waals surface area (Å²) in [5, 5.41) is 0. The standard InChI is InChI=1S/C46H92N.ClH/c1-5-7-9-11-13-15-17-19-21-23-25-27-29-31-33-35-37-39-41-43-45-47(3,4)46-44-42-40-38-36-34-32-30-28-26-24-22-20-18-16-14-12-10-8-6-2;/h19-22H,5-18,23-46H2,1-4H3;1H/q+1;/p-1/b21-19-,22-20-;. The number of quaternary nitrogens is 1. The molecule has 0 heterocycles. The van der Waals surface area contributed by atoms with Crippen LogP contribution in [0.2, 0.25) is 0 Å². The van der Waals surface area contributed by atoms with E-state index in [4.69, 9.17) is 0 Å². The number of hydrogen-bond acceptors (Lipinski definition) is 0. The van der Waals surface area contributed by atoms with Crippen LogP contribution in [0.5, 0.6) is 0 Å². The molecule has 288 valence electrons. The van der Waals surface area contributed by atoms with Crippen LogP contribution < -0.4 is 12.4 Å². The maximum Gasteiger partial charge on any atom is 0.0782 e. The highest BCUT2D eigenvalue weighted by molar-refractivity contribution is 4.82. The fourth-order valence-corrected chi connectivity index (χ4v) is 7.10. The zero-order valence-corrected chi connectivity index (χ0v) is 34.8. The van der Waals surface area contributed by atoms with Gasteiger partial charge in [0.15, 0.2) is 0 Å². The number of hydrogen-bond donors (Lipinski definition) is 0. The summed E-state index contributed by atoms with van der Waals surface area (Å²) in [4.78, 5) is 0. The van der Waals surface area contributed by atoms with Crippen molar-refractivity contribution in [2.24, 2.45) is 0 Å². The molecule has 0 unspecified atom stereocenters. The van der Waals surface area contributed by atoms with Crippen molar-refractivity contribution >= 4 is 0 Å². The van der Waals surface area contributed by atoms with Crippen LogP contribution >= 0.6 is 0 Å². The number of rotatable bonds is 40. The molecule has 0 aromatic carbocycles. The number of unbranched alkanes of at least 4 members (excludes halogenated alkanes) is 32. The molecule has 0 rings (SSSR count). The van der Waals surface area contributed by atoms with Gasteiger partial charge in [0.25, 0.3) is 0 Å². The van der Waals surface area contributed by atoms with Gasteiger partial charge in [0.2, 0.25) is 0 Å². The highest BCUT2D eigenvalue weighted by atomic mass is 35.5. The minimum absolute atomic E-state index is 0. The van der Waals surface area contributed by atoms with Gasteiger partial charge in [-0.3, -0.25) is 0 Å². The lowest BCUT2D eigenvalue weighted by atomic mass is 10.0. The molecule has 0 N–H and O–H groups in total. The van der Waals surface area contributed by atoms with Gasteiger partial charge >= 0.3 is 0 Å². The quantitative estimate of drug-likeness (QED) is 0.0340. The lowest BCUT2D eigenvalue weighted by molar-refractivity contribution is -0.890. The van der Waals surface area contributed by atoms with Crippen LogP contribution in [0.15, 0.2) is 24.3 Å². The molecule has 0 atom stereocenters. The van der Waals surface area contributed by atoms with Crippen LogP contribution in [0, 0.1) is 0 Å². The first-order valence-electron chi connectivity index (χ1n) is 22.2. The van der Waals surface area contributed by atoms with Crippen molar-refractivity contribution in [3.05, 3.63) is 24.3 Å². The Hall–Kier alpha value is -0.270. The van der Waals surface area contributed by atoms with Crippen molar-refractivity contribution in [3.8, 4) is 0 Å². The minimum atomic E-state index is 0. The second kappa shape index (κ2) is 42.9. The molecule has 0 fully saturated rings. The number of halogens is 1. The molecule has 0 amide bonds. The molecular weight excluding hydrogens is 602 g/mol. The SMILES string of the molecule is CCCCCCCC/C=C\CCCCCCCCCCCC[N+](C)(C)CCCCCCCCCCCC/C=C\CCCCCCCC.[Cl-]. The van der Waals surface area contributed by atoms with Gasteiger partial charge in [-0.2, -0.15) is 0 Å². The van der Waals surface area contributed by atoms with Crippen LogP contribution in [0.1, 0.15) is 245 Å². The second-order valence-corrected chi connectivity index (χ2v) is 16.1. The normalized spacial score (nSPS) is 12.1. The monoisotopic (exact) mass is 694 g/mol. The molecule has 0 radical (unpaired) electrons. The van der Waals surface area contributed by atoms with Crippen LogP contribution in [-0.2, 0) is 0 Å². The van der Waals surface area contributed by atoms with E-state index in [2.05, 4.69) is 52.2 Å². The van der Waals surface area contributed by atoms with Crippen molar-refractivity contribution in [1.82, 2.24) is 0 Å². The van der Waals surface area contributed by atoms with Gasteiger partial charge < -0.3 is 16.9 Å². The zero-order valence-electron chi connectivity index (χ0n) is 34.0. The summed E-state index contributed by atoms with van der Waals surface area (Å²) in [6.07, 6.45) is 61.0. The van der Waals surface area contributed by atoms with Crippen molar-refractivity contribution in [2.45, 2.75) is 245 Å². The van der Waals surface area contributed by atoms with E-state index in [1.165, 1.54) is 249 Å². The summed E-state index contributed by atoms with van der Waals surface area (Å²) in [6, 6.07) is 0. The van der Waals surface area contributed by atoms with Crippen LogP contribution in [0.25, 0.3) is 0 Å². The Labute approximate surface area is 312 Å². The highest BCUT2D eigenvalue weighted by Gasteiger charge is 2.13. The van der Waals surface area contributed by atoms with Gasteiger partial charge in [-0.05, 0) is 77.0 Å². The lowest BCUT2D eigenvalue weighted by Crippen LogP contribution is -3.00. The molecular formula is C46H92ClN. The Kier molecular flexibility index (Phi) is 44.5. The summed E-state index contributed by atoms with van der Waals surface area (Å²) in [5.41, 5.74) is 0. The molecule has 2 heteroatoms. The predicted octanol–water partition coefficient (Wildman–Crippen LogP) is 13.3. The second-order valence-electron chi connectivity index (χ2n) is 16.1. The summed E-state index contributed by atoms with van der Waals surface area (Å²) in [6.45, 7) is 7.35. The summed E-state index contributed by atoms with van der Waals surface area (Å²) in [5.74, 6) is 0. The molecule has 48 heavy (non-hydrogen) atoms. The molecule has 1 nitrogen and oxygen atoms in total. The van der Waals surface area contributed by atoms with E-state index in [0.29, 0.717) is 0 Å². The average Bonchev–Trinajstić information content (AvgIpc) is 3.06. The minimum Gasteiger partial charge on any atom is -1.00 e. The fourth-order valence-electron chi connectivity index (χ4n) is 7.10. The van der Waals surface area contributed by atoms with E-state index in [1.54, 1.807) is 0 Å². The Bertz CT molecular complexity index is 572. The fraction of sp³-hybridized carbons (Fsp3) is 0.913. The van der Waals surface area contributed by atoms with E-state index in [1.807, 2.05) is 0 Å². The van der Waals surface area contributed by atoms with Gasteiger partial charge in [-0.15, -0.1) is 0 Å². The highest BCUT2D eigenvalue weighted by Crippen LogP contribution is 2.16. The van der Waals surface area contributed by atoms with Gasteiger partial charge in [0.05, 0.1) is 27.2 Å². The average molecular weight is 695 g/mol. The van der Waals surface area contributed by atoms with E-state index in [9.17, 15) is 0 Å². The Balaban J connectivity index is 0. The Morgan fingerprint density at radius 3 is 0.688 bits per heavy atom. The molecule has 0 aliphatic rings. The van der Waals surface area contributed by atoms with Gasteiger partial charge in [0, 0.05) is 0 Å². The maximum atomic E-state index is 2.47. The largest absolute Gasteiger partial charge is 1.00 e. The molecule has 0 aliphatic heterocycles. The Morgan fingerprint density at radius 2 is 0.458 bits per heavy atom. The molecule has 0 saturated carbocycles. The molecule has 0 saturated heterocycles. The first-order valence-corrected chi connectivity index (χ1v) is 22.2. The molecule has 0 aromatic rings. The number of allylic oxidation sites excluding steroid dienone is 4. The summed E-state index contributed by atoms with van der Waals surface area (Å²) >= 11 is 0. The van der Waals surface area contributed by atoms with Crippen LogP contribution in [-0.4, -0.2) is 31.7 Å². The third-order valence-electron chi connectivity index (χ3n) is 10.6. The third-order valence-corrected chi connectivity index (χ3v) is 10.6. The van der Waals surface area contributed by atoms with Crippen LogP contribution in [0.3, 0.4) is 0 Å². The van der Waals surface area contributed by atoms with E-state index in [0.717, 1.165) is 0 Å². The maximum absolute atomic E-state index is 2.47. The third kappa shape index (κ3) is 43.8. The molecule has 0 aliphatic carbocycles. The predicted molar refractivity (Wildman–Crippen MR) is 218 cm³/mol. The lowest BCUT2D eigenvalue weighted by Gasteiger charge is -2.30. The van der Waals surface area contributed by atoms with Crippen molar-refractivity contribution < 1.29 is 16.9 Å². The first-order chi connectivity index (χ1) is 23.1. The first kappa shape index (κ1) is 49.8. The van der Waals surface area contributed by atoms with Crippen molar-refractivity contribution in [2.75, 3.05) is 27.2 Å². The van der Waals surface area contributed by atoms with Crippen LogP contribution in [0.4, 0.5) is 0 Å². The Morgan fingerprint density at radius 1 is 0.271 bits per heavy atom. The van der Waals surface area contributed by atoms with E-state index < -0.39 is 0 Å². The topological polar surface area (TPSA) is 0 Å². The van der Waals surface area contributed by atoms with Gasteiger partial charge in [0.1, 0.15) is 0 Å². The summed E-state index contributed by atoms with van der Waals surface area (Å²) in [7, 11) is 4.94.